The largest absolute Gasteiger partial charge is 0.475 e. The molecular formula is C19H20BClN2O4. The van der Waals surface area contributed by atoms with E-state index in [9.17, 15) is 14.8 Å². The number of fused-ring (bicyclic) bond motifs is 1. The van der Waals surface area contributed by atoms with E-state index < -0.39 is 13.1 Å². The molecule has 1 heterocycles. The number of hydrogen-bond acceptors (Lipinski definition) is 5. The van der Waals surface area contributed by atoms with Gasteiger partial charge in [0.2, 0.25) is 5.91 Å². The van der Waals surface area contributed by atoms with Gasteiger partial charge in [-0.1, -0.05) is 35.9 Å². The minimum absolute atomic E-state index is 0.166. The molecule has 6 nitrogen and oxygen atoms in total. The van der Waals surface area contributed by atoms with E-state index in [2.05, 4.69) is 5.32 Å². The molecule has 0 aliphatic heterocycles. The van der Waals surface area contributed by atoms with Crippen molar-refractivity contribution in [3.63, 3.8) is 0 Å². The van der Waals surface area contributed by atoms with Gasteiger partial charge in [-0.05, 0) is 42.2 Å². The first-order chi connectivity index (χ1) is 12.9. The predicted molar refractivity (Wildman–Crippen MR) is 106 cm³/mol. The SMILES string of the molecule is Nc1ccc(CCC(=O)N[C@@H](Cc2coc3ccccc23)B(O)O)c(Cl)c1. The van der Waals surface area contributed by atoms with Crippen LogP contribution in [0.25, 0.3) is 11.0 Å². The van der Waals surface area contributed by atoms with E-state index in [1.807, 2.05) is 24.3 Å². The van der Waals surface area contributed by atoms with Crippen molar-refractivity contribution in [3.8, 4) is 0 Å². The summed E-state index contributed by atoms with van der Waals surface area (Å²) >= 11 is 6.12. The van der Waals surface area contributed by atoms with Gasteiger partial charge in [-0.15, -0.1) is 0 Å². The topological polar surface area (TPSA) is 109 Å². The van der Waals surface area contributed by atoms with Crippen LogP contribution in [0.1, 0.15) is 17.5 Å². The molecule has 0 saturated carbocycles. The van der Waals surface area contributed by atoms with Crippen LogP contribution in [0.3, 0.4) is 0 Å². The number of nitrogens with one attached hydrogen (secondary N) is 1. The maximum atomic E-state index is 12.3. The first kappa shape index (κ1) is 19.3. The quantitative estimate of drug-likeness (QED) is 0.368. The third kappa shape index (κ3) is 4.83. The number of carbonyl (C=O) groups excluding carboxylic acids is 1. The van der Waals surface area contributed by atoms with Gasteiger partial charge < -0.3 is 25.5 Å². The van der Waals surface area contributed by atoms with E-state index in [0.29, 0.717) is 22.7 Å². The Morgan fingerprint density at radius 3 is 2.74 bits per heavy atom. The minimum Gasteiger partial charge on any atom is -0.464 e. The van der Waals surface area contributed by atoms with E-state index in [4.69, 9.17) is 21.8 Å². The minimum atomic E-state index is -1.69. The third-order valence-electron chi connectivity index (χ3n) is 4.41. The summed E-state index contributed by atoms with van der Waals surface area (Å²) in [6, 6.07) is 12.6. The Hall–Kier alpha value is -2.48. The smallest absolute Gasteiger partial charge is 0.464 e. The highest BCUT2D eigenvalue weighted by Gasteiger charge is 2.26. The molecule has 3 rings (SSSR count). The summed E-state index contributed by atoms with van der Waals surface area (Å²) in [5.74, 6) is -1.14. The molecule has 0 fully saturated rings. The molecule has 0 bridgehead atoms. The average Bonchev–Trinajstić information content (AvgIpc) is 3.03. The first-order valence-corrected chi connectivity index (χ1v) is 8.96. The summed E-state index contributed by atoms with van der Waals surface area (Å²) < 4.78 is 5.46. The fourth-order valence-corrected chi connectivity index (χ4v) is 3.24. The van der Waals surface area contributed by atoms with Crippen LogP contribution < -0.4 is 11.1 Å². The normalized spacial score (nSPS) is 12.1. The van der Waals surface area contributed by atoms with E-state index in [0.717, 1.165) is 16.5 Å². The monoisotopic (exact) mass is 386 g/mol. The zero-order chi connectivity index (χ0) is 19.4. The molecule has 27 heavy (non-hydrogen) atoms. The van der Waals surface area contributed by atoms with Gasteiger partial charge in [0, 0.05) is 22.5 Å². The number of anilines is 1. The van der Waals surface area contributed by atoms with Crippen molar-refractivity contribution in [3.05, 3.63) is 64.9 Å². The van der Waals surface area contributed by atoms with E-state index in [1.165, 1.54) is 0 Å². The van der Waals surface area contributed by atoms with Crippen molar-refractivity contribution in [2.75, 3.05) is 5.73 Å². The molecular weight excluding hydrogens is 366 g/mol. The first-order valence-electron chi connectivity index (χ1n) is 8.58. The number of rotatable bonds is 7. The van der Waals surface area contributed by atoms with Gasteiger partial charge in [-0.25, -0.2) is 0 Å². The Kier molecular flexibility index (Phi) is 6.06. The Bertz CT molecular complexity index is 944. The molecule has 0 aliphatic rings. The highest BCUT2D eigenvalue weighted by atomic mass is 35.5. The molecule has 140 valence electrons. The van der Waals surface area contributed by atoms with Crippen LogP contribution in [-0.4, -0.2) is 29.0 Å². The van der Waals surface area contributed by atoms with Crippen molar-refractivity contribution in [2.45, 2.75) is 25.2 Å². The second kappa shape index (κ2) is 8.48. The van der Waals surface area contributed by atoms with Gasteiger partial charge in [0.15, 0.2) is 0 Å². The van der Waals surface area contributed by atoms with Crippen LogP contribution in [0.15, 0.2) is 53.1 Å². The zero-order valence-electron chi connectivity index (χ0n) is 14.6. The lowest BCUT2D eigenvalue weighted by atomic mass is 9.76. The fourth-order valence-electron chi connectivity index (χ4n) is 2.95. The molecule has 1 amide bonds. The fraction of sp³-hybridized carbons (Fsp3) is 0.211. The lowest BCUT2D eigenvalue weighted by molar-refractivity contribution is -0.121. The van der Waals surface area contributed by atoms with Crippen molar-refractivity contribution < 1.29 is 19.3 Å². The average molecular weight is 387 g/mol. The summed E-state index contributed by atoms with van der Waals surface area (Å²) in [6.07, 6.45) is 2.40. The van der Waals surface area contributed by atoms with Gasteiger partial charge in [0.25, 0.3) is 0 Å². The number of halogens is 1. The lowest BCUT2D eigenvalue weighted by Gasteiger charge is -2.17. The molecule has 0 spiro atoms. The second-order valence-corrected chi connectivity index (χ2v) is 6.81. The number of hydrogen-bond donors (Lipinski definition) is 4. The number of carbonyl (C=O) groups is 1. The van der Waals surface area contributed by atoms with Crippen molar-refractivity contribution in [2.24, 2.45) is 0 Å². The van der Waals surface area contributed by atoms with Crippen LogP contribution in [0.4, 0.5) is 5.69 Å². The van der Waals surface area contributed by atoms with Crippen molar-refractivity contribution >= 4 is 41.3 Å². The maximum absolute atomic E-state index is 12.3. The Labute approximate surface area is 162 Å². The molecule has 8 heteroatoms. The molecule has 0 saturated heterocycles. The zero-order valence-corrected chi connectivity index (χ0v) is 15.3. The van der Waals surface area contributed by atoms with Gasteiger partial charge >= 0.3 is 7.12 Å². The van der Waals surface area contributed by atoms with Crippen LogP contribution in [0, 0.1) is 0 Å². The Morgan fingerprint density at radius 2 is 2.00 bits per heavy atom. The molecule has 3 aromatic rings. The maximum Gasteiger partial charge on any atom is 0.475 e. The van der Waals surface area contributed by atoms with Gasteiger partial charge in [0.05, 0.1) is 12.2 Å². The second-order valence-electron chi connectivity index (χ2n) is 6.40. The van der Waals surface area contributed by atoms with Gasteiger partial charge in [-0.3, -0.25) is 4.79 Å². The van der Waals surface area contributed by atoms with Crippen molar-refractivity contribution in [1.82, 2.24) is 5.32 Å². The number of nitrogen functional groups attached to an aromatic ring is 1. The summed E-state index contributed by atoms with van der Waals surface area (Å²) in [4.78, 5) is 12.3. The van der Waals surface area contributed by atoms with E-state index in [1.54, 1.807) is 24.5 Å². The Morgan fingerprint density at radius 1 is 1.22 bits per heavy atom. The van der Waals surface area contributed by atoms with E-state index >= 15 is 0 Å². The summed E-state index contributed by atoms with van der Waals surface area (Å²) in [7, 11) is -1.69. The molecule has 1 atom stereocenters. The van der Waals surface area contributed by atoms with Crippen LogP contribution in [0.5, 0.6) is 0 Å². The number of benzene rings is 2. The van der Waals surface area contributed by atoms with Gasteiger partial charge in [0.1, 0.15) is 5.58 Å². The highest BCUT2D eigenvalue weighted by molar-refractivity contribution is 6.43. The molecule has 0 unspecified atom stereocenters. The van der Waals surface area contributed by atoms with Crippen LogP contribution in [-0.2, 0) is 17.6 Å². The molecule has 1 aromatic heterocycles. The Balaban J connectivity index is 1.62. The molecule has 2 aromatic carbocycles. The molecule has 0 aliphatic carbocycles. The summed E-state index contributed by atoms with van der Waals surface area (Å²) in [5.41, 5.74) is 8.54. The standard InChI is InChI=1S/C19H20BClN2O4/c21-16-10-14(22)7-5-12(16)6-8-19(24)23-18(20(25)26)9-13-11-27-17-4-2-1-3-15(13)17/h1-5,7,10-11,18,25-26H,6,8-9,22H2,(H,23,24)/t18-/m0/s1. The van der Waals surface area contributed by atoms with Crippen LogP contribution >= 0.6 is 11.6 Å². The summed E-state index contributed by atoms with van der Waals surface area (Å²) in [6.45, 7) is 0. The number of furan rings is 1. The molecule has 0 radical (unpaired) electrons. The van der Waals surface area contributed by atoms with Gasteiger partial charge in [-0.2, -0.15) is 0 Å². The number of amides is 1. The number of nitrogens with two attached hydrogens (primary N) is 1. The molecule has 5 N–H and O–H groups in total. The predicted octanol–water partition coefficient (Wildman–Crippen LogP) is 2.34. The third-order valence-corrected chi connectivity index (χ3v) is 4.76. The highest BCUT2D eigenvalue weighted by Crippen LogP contribution is 2.23. The lowest BCUT2D eigenvalue weighted by Crippen LogP contribution is -2.47. The van der Waals surface area contributed by atoms with Crippen molar-refractivity contribution in [1.29, 1.82) is 0 Å². The number of para-hydroxylation sites is 1. The number of aryl methyl sites for hydroxylation is 1. The van der Waals surface area contributed by atoms with E-state index in [-0.39, 0.29) is 18.7 Å². The van der Waals surface area contributed by atoms with Crippen LogP contribution in [0.2, 0.25) is 5.02 Å². The summed E-state index contributed by atoms with van der Waals surface area (Å²) in [5, 5.41) is 23.4.